The van der Waals surface area contributed by atoms with Crippen molar-refractivity contribution >= 4 is 0 Å². The van der Waals surface area contributed by atoms with Crippen molar-refractivity contribution in [3.63, 3.8) is 0 Å². The lowest BCUT2D eigenvalue weighted by Gasteiger charge is -2.41. The molecule has 4 aliphatic rings. The summed E-state index contributed by atoms with van der Waals surface area (Å²) in [5.74, 6) is 2.04. The molecule has 4 bridgehead atoms. The zero-order valence-corrected chi connectivity index (χ0v) is 9.47. The minimum absolute atomic E-state index is 0.438. The molecule has 0 aromatic heterocycles. The van der Waals surface area contributed by atoms with Crippen LogP contribution in [0.2, 0.25) is 0 Å². The van der Waals surface area contributed by atoms with Crippen molar-refractivity contribution in [3.05, 3.63) is 23.8 Å². The van der Waals surface area contributed by atoms with Crippen LogP contribution in [0.1, 0.15) is 19.3 Å². The highest BCUT2D eigenvalue weighted by Crippen LogP contribution is 2.46. The fraction of sp³-hybridized carbons (Fsp3) is 0.714. The first-order valence-electron chi connectivity index (χ1n) is 6.53. The van der Waals surface area contributed by atoms with E-state index in [0.717, 1.165) is 13.2 Å². The minimum Gasteiger partial charge on any atom is -0.380 e. The van der Waals surface area contributed by atoms with Crippen molar-refractivity contribution in [2.45, 2.75) is 31.5 Å². The Balaban J connectivity index is 1.67. The van der Waals surface area contributed by atoms with Crippen molar-refractivity contribution in [1.82, 2.24) is 0 Å². The molecule has 4 rings (SSSR count). The highest BCUT2D eigenvalue weighted by Gasteiger charge is 2.44. The van der Waals surface area contributed by atoms with E-state index in [1.807, 2.05) is 0 Å². The van der Waals surface area contributed by atoms with Crippen molar-refractivity contribution in [3.8, 4) is 0 Å². The molecule has 2 saturated heterocycles. The van der Waals surface area contributed by atoms with Gasteiger partial charge in [-0.2, -0.15) is 0 Å². The lowest BCUT2D eigenvalue weighted by atomic mass is 9.69. The van der Waals surface area contributed by atoms with Crippen LogP contribution in [-0.4, -0.2) is 25.4 Å². The normalized spacial score (nSPS) is 49.5. The Morgan fingerprint density at radius 1 is 1.19 bits per heavy atom. The number of ether oxygens (including phenoxy) is 2. The molecule has 2 fully saturated rings. The Morgan fingerprint density at radius 2 is 2.19 bits per heavy atom. The third-order valence-electron chi connectivity index (χ3n) is 4.62. The van der Waals surface area contributed by atoms with Gasteiger partial charge in [-0.3, -0.25) is 0 Å². The van der Waals surface area contributed by atoms with Crippen LogP contribution in [0.5, 0.6) is 0 Å². The van der Waals surface area contributed by atoms with E-state index in [1.165, 1.54) is 19.3 Å². The Hall–Kier alpha value is -0.600. The van der Waals surface area contributed by atoms with Gasteiger partial charge in [0.05, 0.1) is 25.4 Å². The molecule has 0 aromatic carbocycles. The van der Waals surface area contributed by atoms with E-state index in [0.29, 0.717) is 30.0 Å². The Kier molecular flexibility index (Phi) is 2.03. The maximum atomic E-state index is 5.95. The molecule has 0 saturated carbocycles. The number of hydrogen-bond donors (Lipinski definition) is 0. The quantitative estimate of drug-likeness (QED) is 0.629. The van der Waals surface area contributed by atoms with Crippen LogP contribution in [0, 0.1) is 17.8 Å². The van der Waals surface area contributed by atoms with Crippen LogP contribution in [0.4, 0.5) is 0 Å². The van der Waals surface area contributed by atoms with E-state index < -0.39 is 0 Å². The summed E-state index contributed by atoms with van der Waals surface area (Å²) in [6.45, 7) is 1.85. The van der Waals surface area contributed by atoms with E-state index in [4.69, 9.17) is 9.47 Å². The summed E-state index contributed by atoms with van der Waals surface area (Å²) in [6, 6.07) is 0. The largest absolute Gasteiger partial charge is 0.380 e. The molecule has 0 spiro atoms. The Morgan fingerprint density at radius 3 is 2.94 bits per heavy atom. The zero-order valence-electron chi connectivity index (χ0n) is 9.47. The molecule has 0 amide bonds. The minimum atomic E-state index is 0.438. The van der Waals surface area contributed by atoms with Gasteiger partial charge >= 0.3 is 0 Å². The van der Waals surface area contributed by atoms with Crippen molar-refractivity contribution in [1.29, 1.82) is 0 Å². The van der Waals surface area contributed by atoms with E-state index in [2.05, 4.69) is 18.2 Å². The van der Waals surface area contributed by atoms with Gasteiger partial charge in [-0.15, -0.1) is 0 Å². The molecule has 16 heavy (non-hydrogen) atoms. The van der Waals surface area contributed by atoms with Crippen molar-refractivity contribution in [2.75, 3.05) is 13.2 Å². The van der Waals surface area contributed by atoms with Crippen LogP contribution in [0.3, 0.4) is 0 Å². The standard InChI is InChI=1S/C14H18O2/c1-2-9-7-15-8-10(3-1)14(9)12-6-11-4-5-13(12)16-11/h1-2,6,9-11,13-14H,3-5,7-8H2. The first-order chi connectivity index (χ1) is 7.92. The van der Waals surface area contributed by atoms with Crippen LogP contribution < -0.4 is 0 Å². The molecule has 0 N–H and O–H groups in total. The second kappa shape index (κ2) is 3.44. The molecule has 3 heterocycles. The van der Waals surface area contributed by atoms with Crippen LogP contribution in [-0.2, 0) is 9.47 Å². The van der Waals surface area contributed by atoms with Gasteiger partial charge in [0.15, 0.2) is 0 Å². The van der Waals surface area contributed by atoms with E-state index >= 15 is 0 Å². The lowest BCUT2D eigenvalue weighted by Crippen LogP contribution is -2.39. The maximum Gasteiger partial charge on any atom is 0.0798 e. The van der Waals surface area contributed by atoms with Crippen molar-refractivity contribution < 1.29 is 9.47 Å². The third-order valence-corrected chi connectivity index (χ3v) is 4.62. The van der Waals surface area contributed by atoms with E-state index in [-0.39, 0.29) is 0 Å². The fourth-order valence-corrected chi connectivity index (χ4v) is 3.93. The van der Waals surface area contributed by atoms with Gasteiger partial charge in [-0.05, 0) is 36.7 Å². The molecule has 0 aromatic rings. The average molecular weight is 218 g/mol. The Bertz CT molecular complexity index is 358. The van der Waals surface area contributed by atoms with Gasteiger partial charge in [-0.25, -0.2) is 0 Å². The van der Waals surface area contributed by atoms with Gasteiger partial charge in [0, 0.05) is 5.92 Å². The first-order valence-corrected chi connectivity index (χ1v) is 6.53. The summed E-state index contributed by atoms with van der Waals surface area (Å²) >= 11 is 0. The van der Waals surface area contributed by atoms with Crippen LogP contribution >= 0.6 is 0 Å². The predicted molar refractivity (Wildman–Crippen MR) is 61.0 cm³/mol. The van der Waals surface area contributed by atoms with Gasteiger partial charge in [0.2, 0.25) is 0 Å². The monoisotopic (exact) mass is 218 g/mol. The maximum absolute atomic E-state index is 5.95. The summed E-state index contributed by atoms with van der Waals surface area (Å²) in [7, 11) is 0. The molecule has 86 valence electrons. The van der Waals surface area contributed by atoms with Gasteiger partial charge in [0.25, 0.3) is 0 Å². The van der Waals surface area contributed by atoms with Gasteiger partial charge in [0.1, 0.15) is 0 Å². The van der Waals surface area contributed by atoms with Gasteiger partial charge in [-0.1, -0.05) is 18.2 Å². The topological polar surface area (TPSA) is 18.5 Å². The van der Waals surface area contributed by atoms with E-state index in [1.54, 1.807) is 5.57 Å². The summed E-state index contributed by atoms with van der Waals surface area (Å²) in [4.78, 5) is 0. The molecule has 3 aliphatic heterocycles. The number of allylic oxidation sites excluding steroid dienone is 1. The summed E-state index contributed by atoms with van der Waals surface area (Å²) in [5.41, 5.74) is 1.61. The third kappa shape index (κ3) is 1.26. The van der Waals surface area contributed by atoms with Crippen LogP contribution in [0.25, 0.3) is 0 Å². The van der Waals surface area contributed by atoms with Crippen LogP contribution in [0.15, 0.2) is 23.8 Å². The average Bonchev–Trinajstić information content (AvgIpc) is 2.89. The number of fused-ring (bicyclic) bond motifs is 4. The molecular formula is C14H18O2. The summed E-state index contributed by atoms with van der Waals surface area (Å²) < 4.78 is 11.6. The molecule has 5 atom stereocenters. The number of hydrogen-bond acceptors (Lipinski definition) is 2. The van der Waals surface area contributed by atoms with Gasteiger partial charge < -0.3 is 9.47 Å². The smallest absolute Gasteiger partial charge is 0.0798 e. The van der Waals surface area contributed by atoms with Crippen molar-refractivity contribution in [2.24, 2.45) is 17.8 Å². The molecule has 2 nitrogen and oxygen atoms in total. The SMILES string of the molecule is C1=CC2COCC(C1)C2C1=CC2CCC1O2. The molecular weight excluding hydrogens is 200 g/mol. The summed E-state index contributed by atoms with van der Waals surface area (Å²) in [5, 5.41) is 0. The first kappa shape index (κ1) is 9.43. The fourth-order valence-electron chi connectivity index (χ4n) is 3.93. The molecule has 0 radical (unpaired) electrons. The summed E-state index contributed by atoms with van der Waals surface area (Å²) in [6.07, 6.45) is 11.7. The second-order valence-electron chi connectivity index (χ2n) is 5.56. The second-order valence-corrected chi connectivity index (χ2v) is 5.56. The molecule has 5 unspecified atom stereocenters. The highest BCUT2D eigenvalue weighted by atomic mass is 16.5. The van der Waals surface area contributed by atoms with E-state index in [9.17, 15) is 0 Å². The Labute approximate surface area is 96.3 Å². The lowest BCUT2D eigenvalue weighted by molar-refractivity contribution is -0.0109. The number of rotatable bonds is 1. The zero-order chi connectivity index (χ0) is 10.5. The predicted octanol–water partition coefficient (Wildman–Crippen LogP) is 2.31. The highest BCUT2D eigenvalue weighted by molar-refractivity contribution is 5.27. The molecule has 1 aliphatic carbocycles. The molecule has 2 heteroatoms.